The summed E-state index contributed by atoms with van der Waals surface area (Å²) in [5.74, 6) is 0.713. The van der Waals surface area contributed by atoms with Crippen molar-refractivity contribution in [2.24, 2.45) is 5.92 Å². The highest BCUT2D eigenvalue weighted by atomic mass is 16.6. The third kappa shape index (κ3) is 3.09. The van der Waals surface area contributed by atoms with Gasteiger partial charge in [-0.05, 0) is 44.6 Å². The molecule has 5 heteroatoms. The monoisotopic (exact) mass is 290 g/mol. The molecule has 0 spiro atoms. The predicted molar refractivity (Wildman–Crippen MR) is 80.3 cm³/mol. The van der Waals surface area contributed by atoms with Gasteiger partial charge in [0.05, 0.1) is 11.0 Å². The number of aryl methyl sites for hydroxylation is 1. The lowest BCUT2D eigenvalue weighted by molar-refractivity contribution is -0.385. The van der Waals surface area contributed by atoms with Gasteiger partial charge in [-0.15, -0.1) is 0 Å². The second-order valence-corrected chi connectivity index (χ2v) is 6.26. The Morgan fingerprint density at radius 1 is 1.38 bits per heavy atom. The molecule has 3 unspecified atom stereocenters. The summed E-state index contributed by atoms with van der Waals surface area (Å²) in [7, 11) is 0. The molecule has 1 saturated carbocycles. The molecule has 5 nitrogen and oxygen atoms in total. The Hall–Kier alpha value is -1.46. The number of rotatable bonds is 5. The first-order valence-corrected chi connectivity index (χ1v) is 7.69. The van der Waals surface area contributed by atoms with Gasteiger partial charge in [-0.3, -0.25) is 10.1 Å². The summed E-state index contributed by atoms with van der Waals surface area (Å²) in [6, 6.07) is 5.96. The molecule has 1 N–H and O–H groups in total. The van der Waals surface area contributed by atoms with E-state index in [0.717, 1.165) is 18.6 Å². The Labute approximate surface area is 124 Å². The molecule has 3 atom stereocenters. The topological polar surface area (TPSA) is 64.4 Å². The second kappa shape index (κ2) is 5.73. The Kier molecular flexibility index (Phi) is 3.95. The second-order valence-electron chi connectivity index (χ2n) is 6.26. The molecule has 114 valence electrons. The van der Waals surface area contributed by atoms with Crippen molar-refractivity contribution in [1.82, 2.24) is 5.32 Å². The van der Waals surface area contributed by atoms with Crippen LogP contribution in [0.1, 0.15) is 43.4 Å². The van der Waals surface area contributed by atoms with Crippen LogP contribution in [0.5, 0.6) is 0 Å². The number of hydrogen-bond acceptors (Lipinski definition) is 4. The van der Waals surface area contributed by atoms with Crippen LogP contribution in [0.15, 0.2) is 18.2 Å². The quantitative estimate of drug-likeness (QED) is 0.668. The van der Waals surface area contributed by atoms with E-state index in [9.17, 15) is 10.1 Å². The molecule has 1 aromatic rings. The minimum atomic E-state index is -0.308. The van der Waals surface area contributed by atoms with E-state index in [2.05, 4.69) is 12.2 Å². The van der Waals surface area contributed by atoms with Gasteiger partial charge >= 0.3 is 0 Å². The van der Waals surface area contributed by atoms with Crippen LogP contribution in [0.25, 0.3) is 0 Å². The first kappa shape index (κ1) is 14.5. The van der Waals surface area contributed by atoms with Crippen molar-refractivity contribution in [2.45, 2.75) is 51.3 Å². The van der Waals surface area contributed by atoms with Crippen LogP contribution in [0.2, 0.25) is 0 Å². The van der Waals surface area contributed by atoms with Crippen molar-refractivity contribution in [1.29, 1.82) is 0 Å². The minimum Gasteiger partial charge on any atom is -0.376 e. The van der Waals surface area contributed by atoms with E-state index in [0.29, 0.717) is 23.6 Å². The van der Waals surface area contributed by atoms with Gasteiger partial charge in [0.25, 0.3) is 5.69 Å². The molecule has 21 heavy (non-hydrogen) atoms. The number of nitrogens with one attached hydrogen (secondary N) is 1. The molecule has 1 aromatic carbocycles. The van der Waals surface area contributed by atoms with Crippen molar-refractivity contribution < 1.29 is 9.66 Å². The highest BCUT2D eigenvalue weighted by Crippen LogP contribution is 2.39. The third-order valence-corrected chi connectivity index (χ3v) is 4.62. The lowest BCUT2D eigenvalue weighted by Crippen LogP contribution is -2.39. The summed E-state index contributed by atoms with van der Waals surface area (Å²) in [5.41, 5.74) is 1.87. The predicted octanol–water partition coefficient (Wildman–Crippen LogP) is 3.12. The fourth-order valence-electron chi connectivity index (χ4n) is 3.19. The molecule has 1 saturated heterocycles. The molecule has 1 aliphatic carbocycles. The van der Waals surface area contributed by atoms with Crippen molar-refractivity contribution in [3.8, 4) is 0 Å². The summed E-state index contributed by atoms with van der Waals surface area (Å²) in [5, 5.41) is 14.7. The maximum atomic E-state index is 11.1. The van der Waals surface area contributed by atoms with Crippen LogP contribution in [-0.2, 0) is 4.74 Å². The molecule has 2 fully saturated rings. The molecule has 0 amide bonds. The third-order valence-electron chi connectivity index (χ3n) is 4.62. The average molecular weight is 290 g/mol. The summed E-state index contributed by atoms with van der Waals surface area (Å²) < 4.78 is 5.84. The molecular formula is C16H22N2O3. The van der Waals surface area contributed by atoms with Crippen molar-refractivity contribution >= 4 is 5.69 Å². The van der Waals surface area contributed by atoms with Crippen LogP contribution < -0.4 is 5.32 Å². The minimum absolute atomic E-state index is 0.0947. The van der Waals surface area contributed by atoms with Crippen LogP contribution >= 0.6 is 0 Å². The SMILES string of the molecule is Cc1ccc(C(C)NC2CCOC2C2CC2)cc1[N+](=O)[O-]. The van der Waals surface area contributed by atoms with Crippen LogP contribution in [-0.4, -0.2) is 23.7 Å². The number of hydrogen-bond donors (Lipinski definition) is 1. The van der Waals surface area contributed by atoms with Gasteiger partial charge in [0.15, 0.2) is 0 Å². The zero-order chi connectivity index (χ0) is 15.0. The smallest absolute Gasteiger partial charge is 0.272 e. The van der Waals surface area contributed by atoms with Crippen molar-refractivity contribution in [3.05, 3.63) is 39.4 Å². The van der Waals surface area contributed by atoms with Gasteiger partial charge in [-0.2, -0.15) is 0 Å². The molecule has 1 heterocycles. The number of nitrogens with zero attached hydrogens (tertiary/aromatic N) is 1. The normalized spacial score (nSPS) is 26.8. The highest BCUT2D eigenvalue weighted by molar-refractivity contribution is 5.43. The molecule has 0 bridgehead atoms. The van der Waals surface area contributed by atoms with Gasteiger partial charge in [0.2, 0.25) is 0 Å². The van der Waals surface area contributed by atoms with E-state index in [4.69, 9.17) is 4.74 Å². The number of benzene rings is 1. The average Bonchev–Trinajstić information content (AvgIpc) is 3.19. The maximum absolute atomic E-state index is 11.1. The molecule has 0 aromatic heterocycles. The molecule has 2 aliphatic rings. The Balaban J connectivity index is 1.71. The number of nitro benzene ring substituents is 1. The standard InChI is InChI=1S/C16H22N2O3/c1-10-3-4-13(9-15(10)18(19)20)11(2)17-14-7-8-21-16(14)12-5-6-12/h3-4,9,11-12,14,16-17H,5-8H2,1-2H3. The maximum Gasteiger partial charge on any atom is 0.272 e. The zero-order valence-electron chi connectivity index (χ0n) is 12.5. The fourth-order valence-corrected chi connectivity index (χ4v) is 3.19. The number of ether oxygens (including phenoxy) is 1. The summed E-state index contributed by atoms with van der Waals surface area (Å²) in [6.07, 6.45) is 3.90. The van der Waals surface area contributed by atoms with Crippen LogP contribution in [0.3, 0.4) is 0 Å². The molecule has 1 aliphatic heterocycles. The van der Waals surface area contributed by atoms with Crippen LogP contribution in [0.4, 0.5) is 5.69 Å². The Morgan fingerprint density at radius 2 is 2.14 bits per heavy atom. The van der Waals surface area contributed by atoms with Crippen molar-refractivity contribution in [3.63, 3.8) is 0 Å². The van der Waals surface area contributed by atoms with Gasteiger partial charge < -0.3 is 10.1 Å². The summed E-state index contributed by atoms with van der Waals surface area (Å²) >= 11 is 0. The first-order valence-electron chi connectivity index (χ1n) is 7.69. The van der Waals surface area contributed by atoms with Crippen LogP contribution in [0, 0.1) is 23.0 Å². The van der Waals surface area contributed by atoms with Crippen molar-refractivity contribution in [2.75, 3.05) is 6.61 Å². The Morgan fingerprint density at radius 3 is 2.81 bits per heavy atom. The van der Waals surface area contributed by atoms with E-state index in [1.54, 1.807) is 13.0 Å². The van der Waals surface area contributed by atoms with E-state index < -0.39 is 0 Å². The Bertz CT molecular complexity index is 542. The lowest BCUT2D eigenvalue weighted by Gasteiger charge is -2.24. The number of nitro groups is 1. The van der Waals surface area contributed by atoms with Gasteiger partial charge in [-0.25, -0.2) is 0 Å². The van der Waals surface area contributed by atoms with E-state index in [-0.39, 0.29) is 16.7 Å². The highest BCUT2D eigenvalue weighted by Gasteiger charge is 2.40. The largest absolute Gasteiger partial charge is 0.376 e. The van der Waals surface area contributed by atoms with Gasteiger partial charge in [0.1, 0.15) is 0 Å². The van der Waals surface area contributed by atoms with E-state index in [1.807, 2.05) is 12.1 Å². The zero-order valence-corrected chi connectivity index (χ0v) is 12.5. The molecule has 3 rings (SSSR count). The first-order chi connectivity index (χ1) is 10.1. The van der Waals surface area contributed by atoms with Gasteiger partial charge in [0, 0.05) is 30.3 Å². The van der Waals surface area contributed by atoms with E-state index >= 15 is 0 Å². The molecule has 0 radical (unpaired) electrons. The molecular weight excluding hydrogens is 268 g/mol. The van der Waals surface area contributed by atoms with E-state index in [1.165, 1.54) is 12.8 Å². The fraction of sp³-hybridized carbons (Fsp3) is 0.625. The lowest BCUT2D eigenvalue weighted by atomic mass is 10.0. The summed E-state index contributed by atoms with van der Waals surface area (Å²) in [4.78, 5) is 10.7. The van der Waals surface area contributed by atoms with Gasteiger partial charge in [-0.1, -0.05) is 12.1 Å². The summed E-state index contributed by atoms with van der Waals surface area (Å²) in [6.45, 7) is 4.66.